The van der Waals surface area contributed by atoms with Gasteiger partial charge in [0.2, 0.25) is 0 Å². The van der Waals surface area contributed by atoms with Gasteiger partial charge in [0.25, 0.3) is 5.91 Å². The number of nitrogens with zero attached hydrogens (tertiary/aromatic N) is 3. The molecule has 20 heavy (non-hydrogen) atoms. The van der Waals surface area contributed by atoms with Crippen molar-refractivity contribution in [3.8, 4) is 0 Å². The van der Waals surface area contributed by atoms with Gasteiger partial charge in [-0.2, -0.15) is 0 Å². The summed E-state index contributed by atoms with van der Waals surface area (Å²) in [7, 11) is 2.00. The summed E-state index contributed by atoms with van der Waals surface area (Å²) in [5, 5.41) is 2.88. The van der Waals surface area contributed by atoms with Crippen molar-refractivity contribution < 1.29 is 9.53 Å². The maximum Gasteiger partial charge on any atom is 0.256 e. The van der Waals surface area contributed by atoms with Gasteiger partial charge in [-0.05, 0) is 26.8 Å². The number of carbonyl (C=O) groups excluding carboxylic acids is 1. The summed E-state index contributed by atoms with van der Waals surface area (Å²) < 4.78 is 5.70. The third kappa shape index (κ3) is 2.96. The quantitative estimate of drug-likeness (QED) is 0.892. The van der Waals surface area contributed by atoms with Crippen LogP contribution in [0.25, 0.3) is 0 Å². The Kier molecular flexibility index (Phi) is 3.67. The van der Waals surface area contributed by atoms with Gasteiger partial charge in [0.1, 0.15) is 6.10 Å². The van der Waals surface area contributed by atoms with Crippen LogP contribution in [0.2, 0.25) is 0 Å². The molecule has 2 heterocycles. The lowest BCUT2D eigenvalue weighted by Crippen LogP contribution is -2.49. The van der Waals surface area contributed by atoms with Crippen LogP contribution in [-0.2, 0) is 9.53 Å². The molecule has 1 aliphatic heterocycles. The average Bonchev–Trinajstić information content (AvgIpc) is 3.22. The summed E-state index contributed by atoms with van der Waals surface area (Å²) in [5.74, 6) is 0.906. The molecule has 2 aliphatic rings. The summed E-state index contributed by atoms with van der Waals surface area (Å²) in [6.07, 6.45) is 5.16. The fourth-order valence-electron chi connectivity index (χ4n) is 2.61. The van der Waals surface area contributed by atoms with E-state index in [1.807, 2.05) is 14.0 Å². The van der Waals surface area contributed by atoms with Gasteiger partial charge in [0.15, 0.2) is 5.82 Å². The van der Waals surface area contributed by atoms with E-state index in [4.69, 9.17) is 4.74 Å². The Morgan fingerprint density at radius 1 is 1.35 bits per heavy atom. The Bertz CT molecular complexity index is 494. The van der Waals surface area contributed by atoms with Crippen LogP contribution in [0.15, 0.2) is 12.4 Å². The lowest BCUT2D eigenvalue weighted by atomic mass is 10.2. The van der Waals surface area contributed by atoms with Crippen molar-refractivity contribution >= 4 is 11.7 Å². The van der Waals surface area contributed by atoms with Crippen molar-refractivity contribution in [2.45, 2.75) is 37.9 Å². The number of nitrogens with one attached hydrogen (secondary N) is 1. The molecular formula is C14H20N4O2. The molecule has 1 saturated carbocycles. The van der Waals surface area contributed by atoms with E-state index in [1.165, 1.54) is 0 Å². The van der Waals surface area contributed by atoms with Crippen LogP contribution >= 0.6 is 0 Å². The van der Waals surface area contributed by atoms with E-state index in [1.54, 1.807) is 12.4 Å². The molecule has 1 aromatic heterocycles. The lowest BCUT2D eigenvalue weighted by molar-refractivity contribution is -0.139. The highest BCUT2D eigenvalue weighted by molar-refractivity contribution is 5.94. The number of ether oxygens (including phenoxy) is 1. The van der Waals surface area contributed by atoms with Crippen molar-refractivity contribution in [3.05, 3.63) is 18.1 Å². The van der Waals surface area contributed by atoms with E-state index >= 15 is 0 Å². The maximum absolute atomic E-state index is 12.3. The number of carbonyl (C=O) groups is 1. The zero-order valence-electron chi connectivity index (χ0n) is 11.9. The molecular weight excluding hydrogens is 256 g/mol. The monoisotopic (exact) mass is 276 g/mol. The van der Waals surface area contributed by atoms with Crippen molar-refractivity contribution in [1.29, 1.82) is 0 Å². The second kappa shape index (κ2) is 5.46. The van der Waals surface area contributed by atoms with E-state index in [0.717, 1.165) is 25.1 Å². The van der Waals surface area contributed by atoms with Gasteiger partial charge < -0.3 is 15.0 Å². The van der Waals surface area contributed by atoms with Gasteiger partial charge in [-0.15, -0.1) is 0 Å². The Labute approximate surface area is 118 Å². The first-order valence-electron chi connectivity index (χ1n) is 7.09. The van der Waals surface area contributed by atoms with Crippen molar-refractivity contribution in [1.82, 2.24) is 14.9 Å². The second-order valence-corrected chi connectivity index (χ2v) is 5.71. The minimum Gasteiger partial charge on any atom is -0.363 e. The molecule has 1 N–H and O–H groups in total. The largest absolute Gasteiger partial charge is 0.363 e. The highest BCUT2D eigenvalue weighted by Crippen LogP contribution is 2.41. The Morgan fingerprint density at radius 2 is 2.10 bits per heavy atom. The summed E-state index contributed by atoms with van der Waals surface area (Å²) in [5.41, 5.74) is 0.901. The van der Waals surface area contributed by atoms with Gasteiger partial charge in [0, 0.05) is 31.4 Å². The summed E-state index contributed by atoms with van der Waals surface area (Å²) in [6.45, 7) is 3.44. The van der Waals surface area contributed by atoms with Crippen LogP contribution in [0, 0.1) is 0 Å². The second-order valence-electron chi connectivity index (χ2n) is 5.71. The molecule has 6 nitrogen and oxygen atoms in total. The molecule has 1 amide bonds. The third-order valence-electron chi connectivity index (χ3n) is 3.67. The Balaban J connectivity index is 1.69. The smallest absolute Gasteiger partial charge is 0.256 e. The summed E-state index contributed by atoms with van der Waals surface area (Å²) in [6, 6.07) is 0. The van der Waals surface area contributed by atoms with Crippen molar-refractivity contribution in [2.75, 3.05) is 25.5 Å². The first-order chi connectivity index (χ1) is 9.63. The molecule has 1 saturated heterocycles. The van der Waals surface area contributed by atoms with E-state index < -0.39 is 6.10 Å². The van der Waals surface area contributed by atoms with Gasteiger partial charge >= 0.3 is 0 Å². The van der Waals surface area contributed by atoms with E-state index in [-0.39, 0.29) is 12.0 Å². The predicted octanol–water partition coefficient (Wildman–Crippen LogP) is 1.01. The lowest BCUT2D eigenvalue weighted by Gasteiger charge is -2.33. The van der Waals surface area contributed by atoms with Crippen LogP contribution < -0.4 is 5.32 Å². The Hall–Kier alpha value is -1.53. The van der Waals surface area contributed by atoms with Crippen LogP contribution in [0.3, 0.4) is 0 Å². The van der Waals surface area contributed by atoms with E-state index in [9.17, 15) is 4.79 Å². The van der Waals surface area contributed by atoms with Crippen LogP contribution in [-0.4, -0.2) is 53.1 Å². The highest BCUT2D eigenvalue weighted by atomic mass is 16.5. The highest BCUT2D eigenvalue weighted by Gasteiger charge is 2.32. The third-order valence-corrected chi connectivity index (χ3v) is 3.67. The zero-order valence-corrected chi connectivity index (χ0v) is 11.9. The number of aromatic nitrogens is 2. The van der Waals surface area contributed by atoms with Crippen molar-refractivity contribution in [3.63, 3.8) is 0 Å². The molecule has 6 heteroatoms. The molecule has 0 spiro atoms. The minimum atomic E-state index is -0.446. The van der Waals surface area contributed by atoms with Crippen LogP contribution in [0.5, 0.6) is 0 Å². The zero-order chi connectivity index (χ0) is 14.1. The molecule has 1 aromatic rings. The van der Waals surface area contributed by atoms with Crippen LogP contribution in [0.4, 0.5) is 5.82 Å². The number of morpholine rings is 1. The first kappa shape index (κ1) is 13.5. The SMILES string of the molecule is C[C@@H]1CN(C)C[C@H](C(=O)Nc2nccnc2C2CC2)O1. The van der Waals surface area contributed by atoms with Gasteiger partial charge in [-0.1, -0.05) is 0 Å². The van der Waals surface area contributed by atoms with Gasteiger partial charge in [-0.25, -0.2) is 4.98 Å². The topological polar surface area (TPSA) is 67.4 Å². The number of anilines is 1. The fourth-order valence-corrected chi connectivity index (χ4v) is 2.61. The predicted molar refractivity (Wildman–Crippen MR) is 74.5 cm³/mol. The molecule has 108 valence electrons. The normalized spacial score (nSPS) is 27.3. The van der Waals surface area contributed by atoms with Crippen LogP contribution in [0.1, 0.15) is 31.4 Å². The molecule has 1 aliphatic carbocycles. The molecule has 3 rings (SSSR count). The molecule has 2 fully saturated rings. The molecule has 0 aromatic carbocycles. The van der Waals surface area contributed by atoms with E-state index in [0.29, 0.717) is 18.3 Å². The van der Waals surface area contributed by atoms with Gasteiger partial charge in [-0.3, -0.25) is 9.78 Å². The minimum absolute atomic E-state index is 0.0641. The number of amides is 1. The molecule has 0 bridgehead atoms. The number of likely N-dealkylation sites (N-methyl/N-ethyl adjacent to an activating group) is 1. The van der Waals surface area contributed by atoms with E-state index in [2.05, 4.69) is 20.2 Å². The Morgan fingerprint density at radius 3 is 2.80 bits per heavy atom. The summed E-state index contributed by atoms with van der Waals surface area (Å²) in [4.78, 5) is 23.0. The van der Waals surface area contributed by atoms with Gasteiger partial charge in [0.05, 0.1) is 11.8 Å². The van der Waals surface area contributed by atoms with Crippen molar-refractivity contribution in [2.24, 2.45) is 0 Å². The molecule has 2 atom stereocenters. The fraction of sp³-hybridized carbons (Fsp3) is 0.643. The summed E-state index contributed by atoms with van der Waals surface area (Å²) >= 11 is 0. The number of hydrogen-bond acceptors (Lipinski definition) is 5. The maximum atomic E-state index is 12.3. The number of rotatable bonds is 3. The standard InChI is InChI=1S/C14H20N4O2/c1-9-7-18(2)8-11(20-9)14(19)17-13-12(10-3-4-10)15-5-6-16-13/h5-6,9-11H,3-4,7-8H2,1-2H3,(H,16,17,19)/t9-,11-/m1/s1. The average molecular weight is 276 g/mol. The molecule has 0 unspecified atom stereocenters. The first-order valence-corrected chi connectivity index (χ1v) is 7.09. The number of hydrogen-bond donors (Lipinski definition) is 1. The molecule has 0 radical (unpaired) electrons.